The van der Waals surface area contributed by atoms with Gasteiger partial charge in [0.1, 0.15) is 23.2 Å². The van der Waals surface area contributed by atoms with Gasteiger partial charge < -0.3 is 15.4 Å². The number of nitriles is 1. The molecule has 0 aliphatic heterocycles. The van der Waals surface area contributed by atoms with E-state index in [1.807, 2.05) is 25.1 Å². The van der Waals surface area contributed by atoms with Gasteiger partial charge in [-0.1, -0.05) is 18.2 Å². The van der Waals surface area contributed by atoms with E-state index in [1.54, 1.807) is 30.5 Å². The second-order valence-electron chi connectivity index (χ2n) is 4.64. The monoisotopic (exact) mass is 308 g/mol. The molecule has 1 aromatic heterocycles. The molecule has 0 aliphatic rings. The van der Waals surface area contributed by atoms with E-state index in [0.29, 0.717) is 17.3 Å². The number of hydrogen-bond donors (Lipinski definition) is 2. The molecule has 2 N–H and O–H groups in total. The van der Waals surface area contributed by atoms with Crippen LogP contribution in [0.4, 0.5) is 11.5 Å². The molecule has 1 amide bonds. The number of para-hydroxylation sites is 2. The van der Waals surface area contributed by atoms with Crippen LogP contribution in [0.15, 0.2) is 54.4 Å². The molecule has 116 valence electrons. The summed E-state index contributed by atoms with van der Waals surface area (Å²) < 4.78 is 5.16. The van der Waals surface area contributed by atoms with Gasteiger partial charge in [-0.15, -0.1) is 0 Å². The van der Waals surface area contributed by atoms with Crippen molar-refractivity contribution in [1.29, 1.82) is 5.26 Å². The van der Waals surface area contributed by atoms with Crippen molar-refractivity contribution in [3.05, 3.63) is 59.9 Å². The molecule has 0 saturated heterocycles. The molecule has 2 rings (SSSR count). The number of rotatable bonds is 5. The summed E-state index contributed by atoms with van der Waals surface area (Å²) in [5, 5.41) is 14.7. The first-order valence-corrected chi connectivity index (χ1v) is 6.88. The van der Waals surface area contributed by atoms with Crippen molar-refractivity contribution in [3.8, 4) is 11.8 Å². The lowest BCUT2D eigenvalue weighted by Crippen LogP contribution is -2.15. The van der Waals surface area contributed by atoms with Crippen molar-refractivity contribution in [2.75, 3.05) is 17.7 Å². The van der Waals surface area contributed by atoms with Gasteiger partial charge in [0.25, 0.3) is 5.91 Å². The Labute approximate surface area is 134 Å². The Hall–Kier alpha value is -3.33. The molecular weight excluding hydrogens is 292 g/mol. The number of ether oxygens (including phenoxy) is 1. The lowest BCUT2D eigenvalue weighted by Gasteiger charge is -2.09. The second-order valence-corrected chi connectivity index (χ2v) is 4.64. The molecule has 23 heavy (non-hydrogen) atoms. The minimum atomic E-state index is -0.530. The van der Waals surface area contributed by atoms with Crippen molar-refractivity contribution < 1.29 is 9.53 Å². The molecule has 1 aromatic carbocycles. The lowest BCUT2D eigenvalue weighted by molar-refractivity contribution is -0.112. The summed E-state index contributed by atoms with van der Waals surface area (Å²) in [5.41, 5.74) is 1.34. The third kappa shape index (κ3) is 4.08. The summed E-state index contributed by atoms with van der Waals surface area (Å²) in [6, 6.07) is 12.5. The largest absolute Gasteiger partial charge is 0.495 e. The minimum Gasteiger partial charge on any atom is -0.495 e. The number of benzene rings is 1. The first-order valence-electron chi connectivity index (χ1n) is 6.88. The van der Waals surface area contributed by atoms with Crippen LogP contribution >= 0.6 is 0 Å². The fraction of sp³-hybridized carbons (Fsp3) is 0.118. The fourth-order valence-electron chi connectivity index (χ4n) is 1.86. The number of amides is 1. The van der Waals surface area contributed by atoms with Crippen LogP contribution in [0, 0.1) is 18.3 Å². The number of aromatic nitrogens is 1. The lowest BCUT2D eigenvalue weighted by atomic mass is 10.2. The van der Waals surface area contributed by atoms with E-state index in [-0.39, 0.29) is 5.57 Å². The minimum absolute atomic E-state index is 0.0686. The zero-order valence-corrected chi connectivity index (χ0v) is 12.8. The van der Waals surface area contributed by atoms with Crippen LogP contribution in [0.1, 0.15) is 5.56 Å². The predicted molar refractivity (Wildman–Crippen MR) is 87.9 cm³/mol. The van der Waals surface area contributed by atoms with Gasteiger partial charge in [-0.05, 0) is 30.7 Å². The average Bonchev–Trinajstić information content (AvgIpc) is 2.57. The smallest absolute Gasteiger partial charge is 0.267 e. The standard InChI is InChI=1S/C17H16N4O2/c1-12-6-5-9-19-16(12)20-11-13(10-18)17(22)21-14-7-3-4-8-15(14)23-2/h3-9,11H,1-2H3,(H,19,20)(H,21,22)/b13-11-. The third-order valence-electron chi connectivity index (χ3n) is 3.08. The van der Waals surface area contributed by atoms with Crippen LogP contribution in [-0.2, 0) is 4.79 Å². The Morgan fingerprint density at radius 3 is 2.78 bits per heavy atom. The molecule has 0 bridgehead atoms. The molecule has 0 unspecified atom stereocenters. The van der Waals surface area contributed by atoms with Gasteiger partial charge in [0.2, 0.25) is 0 Å². The molecule has 6 heteroatoms. The summed E-state index contributed by atoms with van der Waals surface area (Å²) >= 11 is 0. The maximum atomic E-state index is 12.2. The van der Waals surface area contributed by atoms with Crippen LogP contribution in [-0.4, -0.2) is 18.0 Å². The Kier molecular flexibility index (Phi) is 5.31. The molecule has 2 aromatic rings. The topological polar surface area (TPSA) is 87.0 Å². The molecule has 0 atom stereocenters. The highest BCUT2D eigenvalue weighted by atomic mass is 16.5. The van der Waals surface area contributed by atoms with Gasteiger partial charge in [0.05, 0.1) is 12.8 Å². The van der Waals surface area contributed by atoms with E-state index < -0.39 is 5.91 Å². The average molecular weight is 308 g/mol. The first kappa shape index (κ1) is 16.0. The summed E-state index contributed by atoms with van der Waals surface area (Å²) in [5.74, 6) is 0.579. The Balaban J connectivity index is 2.14. The van der Waals surface area contributed by atoms with Crippen LogP contribution in [0.2, 0.25) is 0 Å². The number of carbonyl (C=O) groups is 1. The number of nitrogens with one attached hydrogen (secondary N) is 2. The summed E-state index contributed by atoms with van der Waals surface area (Å²) in [7, 11) is 1.51. The van der Waals surface area contributed by atoms with Crippen LogP contribution in [0.25, 0.3) is 0 Å². The zero-order chi connectivity index (χ0) is 16.7. The number of pyridine rings is 1. The van der Waals surface area contributed by atoms with Gasteiger partial charge in [0.15, 0.2) is 0 Å². The Morgan fingerprint density at radius 1 is 1.30 bits per heavy atom. The number of hydrogen-bond acceptors (Lipinski definition) is 5. The molecule has 0 fully saturated rings. The van der Waals surface area contributed by atoms with Crippen LogP contribution in [0.3, 0.4) is 0 Å². The van der Waals surface area contributed by atoms with Gasteiger partial charge in [-0.25, -0.2) is 4.98 Å². The van der Waals surface area contributed by atoms with Gasteiger partial charge in [-0.2, -0.15) is 5.26 Å². The Bertz CT molecular complexity index is 778. The van der Waals surface area contributed by atoms with E-state index >= 15 is 0 Å². The highest BCUT2D eigenvalue weighted by molar-refractivity contribution is 6.07. The van der Waals surface area contributed by atoms with E-state index in [4.69, 9.17) is 4.74 Å². The number of methoxy groups -OCH3 is 1. The van der Waals surface area contributed by atoms with E-state index in [0.717, 1.165) is 5.56 Å². The molecule has 1 heterocycles. The number of aryl methyl sites for hydroxylation is 1. The molecule has 0 saturated carbocycles. The molecule has 6 nitrogen and oxygen atoms in total. The summed E-state index contributed by atoms with van der Waals surface area (Å²) in [4.78, 5) is 16.3. The number of carbonyl (C=O) groups excluding carboxylic acids is 1. The van der Waals surface area contributed by atoms with Crippen molar-refractivity contribution >= 4 is 17.4 Å². The maximum absolute atomic E-state index is 12.2. The second kappa shape index (κ2) is 7.61. The fourth-order valence-corrected chi connectivity index (χ4v) is 1.86. The van der Waals surface area contributed by atoms with Gasteiger partial charge in [-0.3, -0.25) is 4.79 Å². The normalized spacial score (nSPS) is 10.6. The molecular formula is C17H16N4O2. The van der Waals surface area contributed by atoms with E-state index in [9.17, 15) is 10.1 Å². The van der Waals surface area contributed by atoms with E-state index in [1.165, 1.54) is 13.3 Å². The van der Waals surface area contributed by atoms with Crippen molar-refractivity contribution in [1.82, 2.24) is 4.98 Å². The molecule has 0 spiro atoms. The maximum Gasteiger partial charge on any atom is 0.267 e. The first-order chi connectivity index (χ1) is 11.2. The van der Waals surface area contributed by atoms with Crippen molar-refractivity contribution in [2.45, 2.75) is 6.92 Å². The molecule has 0 radical (unpaired) electrons. The van der Waals surface area contributed by atoms with Crippen molar-refractivity contribution in [3.63, 3.8) is 0 Å². The summed E-state index contributed by atoms with van der Waals surface area (Å²) in [6.07, 6.45) is 2.96. The van der Waals surface area contributed by atoms with E-state index in [2.05, 4.69) is 15.6 Å². The van der Waals surface area contributed by atoms with Crippen LogP contribution < -0.4 is 15.4 Å². The SMILES string of the molecule is COc1ccccc1NC(=O)/C(C#N)=C\Nc1ncccc1C. The Morgan fingerprint density at radius 2 is 2.09 bits per heavy atom. The molecule has 0 aliphatic carbocycles. The zero-order valence-electron chi connectivity index (χ0n) is 12.8. The van der Waals surface area contributed by atoms with Gasteiger partial charge >= 0.3 is 0 Å². The highest BCUT2D eigenvalue weighted by Crippen LogP contribution is 2.23. The highest BCUT2D eigenvalue weighted by Gasteiger charge is 2.12. The summed E-state index contributed by atoms with van der Waals surface area (Å²) in [6.45, 7) is 1.88. The van der Waals surface area contributed by atoms with Crippen molar-refractivity contribution in [2.24, 2.45) is 0 Å². The van der Waals surface area contributed by atoms with Gasteiger partial charge in [0, 0.05) is 12.4 Å². The predicted octanol–water partition coefficient (Wildman–Crippen LogP) is 2.86. The van der Waals surface area contributed by atoms with Crippen LogP contribution in [0.5, 0.6) is 5.75 Å². The number of anilines is 2. The number of nitrogens with zero attached hydrogens (tertiary/aromatic N) is 2. The quantitative estimate of drug-likeness (QED) is 0.655. The third-order valence-corrected chi connectivity index (χ3v) is 3.08.